The predicted octanol–water partition coefficient (Wildman–Crippen LogP) is 3.04. The number of rotatable bonds is 6. The maximum atomic E-state index is 11.0. The molecule has 1 aromatic heterocycles. The molecule has 2 rings (SSSR count). The highest BCUT2D eigenvalue weighted by atomic mass is 32.1. The summed E-state index contributed by atoms with van der Waals surface area (Å²) in [5.74, 6) is 0.844. The van der Waals surface area contributed by atoms with Crippen molar-refractivity contribution in [1.29, 1.82) is 0 Å². The Labute approximate surface area is 120 Å². The molecule has 5 nitrogen and oxygen atoms in total. The number of ether oxygens (including phenoxy) is 3. The van der Waals surface area contributed by atoms with E-state index in [2.05, 4.69) is 0 Å². The van der Waals surface area contributed by atoms with Crippen molar-refractivity contribution >= 4 is 17.3 Å². The Balaban J connectivity index is 2.14. The van der Waals surface area contributed by atoms with E-state index in [9.17, 15) is 4.79 Å². The first-order valence-electron chi connectivity index (χ1n) is 5.79. The van der Waals surface area contributed by atoms with Crippen molar-refractivity contribution in [3.05, 3.63) is 40.1 Å². The van der Waals surface area contributed by atoms with Gasteiger partial charge in [0.15, 0.2) is 0 Å². The Kier molecular flexibility index (Phi) is 4.47. The molecule has 20 heavy (non-hydrogen) atoms. The SMILES string of the molecule is COc1cc(OC)cc(OCc2ccsc2C(=O)O)c1. The van der Waals surface area contributed by atoms with Gasteiger partial charge in [-0.15, -0.1) is 11.3 Å². The van der Waals surface area contributed by atoms with E-state index in [-0.39, 0.29) is 6.61 Å². The largest absolute Gasteiger partial charge is 0.496 e. The molecule has 106 valence electrons. The summed E-state index contributed by atoms with van der Waals surface area (Å²) in [5, 5.41) is 10.8. The van der Waals surface area contributed by atoms with Crippen molar-refractivity contribution in [3.63, 3.8) is 0 Å². The predicted molar refractivity (Wildman–Crippen MR) is 75.2 cm³/mol. The van der Waals surface area contributed by atoms with E-state index in [1.807, 2.05) is 0 Å². The number of hydrogen-bond acceptors (Lipinski definition) is 5. The van der Waals surface area contributed by atoms with Crippen LogP contribution in [0.15, 0.2) is 29.6 Å². The fraction of sp³-hybridized carbons (Fsp3) is 0.214. The standard InChI is InChI=1S/C14H14O5S/c1-17-10-5-11(18-2)7-12(6-10)19-8-9-3-4-20-13(9)14(15)16/h3-7H,8H2,1-2H3,(H,15,16). The summed E-state index contributed by atoms with van der Waals surface area (Å²) in [4.78, 5) is 11.3. The Morgan fingerprint density at radius 2 is 1.75 bits per heavy atom. The van der Waals surface area contributed by atoms with Crippen LogP contribution in [0.2, 0.25) is 0 Å². The molecule has 0 aliphatic heterocycles. The van der Waals surface area contributed by atoms with Crippen LogP contribution in [0.25, 0.3) is 0 Å². The Hall–Kier alpha value is -2.21. The highest BCUT2D eigenvalue weighted by Crippen LogP contribution is 2.28. The van der Waals surface area contributed by atoms with Gasteiger partial charge in [-0.3, -0.25) is 0 Å². The molecule has 0 aliphatic carbocycles. The van der Waals surface area contributed by atoms with Gasteiger partial charge in [0.2, 0.25) is 0 Å². The summed E-state index contributed by atoms with van der Waals surface area (Å²) in [6, 6.07) is 6.91. The molecule has 0 saturated heterocycles. The minimum Gasteiger partial charge on any atom is -0.496 e. The van der Waals surface area contributed by atoms with E-state index in [4.69, 9.17) is 19.3 Å². The highest BCUT2D eigenvalue weighted by Gasteiger charge is 2.12. The summed E-state index contributed by atoms with van der Waals surface area (Å²) in [6.07, 6.45) is 0. The summed E-state index contributed by atoms with van der Waals surface area (Å²) >= 11 is 1.18. The van der Waals surface area contributed by atoms with Gasteiger partial charge in [0, 0.05) is 23.8 Å². The third-order valence-corrected chi connectivity index (χ3v) is 3.60. The number of hydrogen-bond donors (Lipinski definition) is 1. The van der Waals surface area contributed by atoms with Crippen LogP contribution >= 0.6 is 11.3 Å². The Bertz CT molecular complexity index is 583. The van der Waals surface area contributed by atoms with Crippen molar-refractivity contribution < 1.29 is 24.1 Å². The smallest absolute Gasteiger partial charge is 0.346 e. The minimum absolute atomic E-state index is 0.182. The molecule has 0 aliphatic rings. The van der Waals surface area contributed by atoms with Crippen LogP contribution < -0.4 is 14.2 Å². The highest BCUT2D eigenvalue weighted by molar-refractivity contribution is 7.12. The van der Waals surface area contributed by atoms with Crippen LogP contribution in [0.4, 0.5) is 0 Å². The number of thiophene rings is 1. The molecule has 0 spiro atoms. The maximum absolute atomic E-state index is 11.0. The normalized spacial score (nSPS) is 10.1. The van der Waals surface area contributed by atoms with Gasteiger partial charge in [-0.25, -0.2) is 4.79 Å². The molecular weight excluding hydrogens is 280 g/mol. The lowest BCUT2D eigenvalue weighted by atomic mass is 10.2. The van der Waals surface area contributed by atoms with Gasteiger partial charge in [0.25, 0.3) is 0 Å². The second kappa shape index (κ2) is 6.29. The van der Waals surface area contributed by atoms with E-state index in [1.165, 1.54) is 11.3 Å². The quantitative estimate of drug-likeness (QED) is 0.887. The number of aromatic carboxylic acids is 1. The fourth-order valence-corrected chi connectivity index (χ4v) is 2.41. The van der Waals surface area contributed by atoms with Crippen LogP contribution in [0.1, 0.15) is 15.2 Å². The summed E-state index contributed by atoms with van der Waals surface area (Å²) in [7, 11) is 3.11. The first-order chi connectivity index (χ1) is 9.63. The second-order valence-corrected chi connectivity index (χ2v) is 4.83. The summed E-state index contributed by atoms with van der Waals surface area (Å²) in [6.45, 7) is 0.182. The topological polar surface area (TPSA) is 65.0 Å². The zero-order valence-corrected chi connectivity index (χ0v) is 11.9. The van der Waals surface area contributed by atoms with Gasteiger partial charge in [0.05, 0.1) is 14.2 Å². The molecule has 1 heterocycles. The molecule has 0 fully saturated rings. The lowest BCUT2D eigenvalue weighted by molar-refractivity contribution is 0.0699. The average Bonchev–Trinajstić information content (AvgIpc) is 2.93. The number of methoxy groups -OCH3 is 2. The van der Waals surface area contributed by atoms with Gasteiger partial charge >= 0.3 is 5.97 Å². The van der Waals surface area contributed by atoms with Gasteiger partial charge in [0.1, 0.15) is 28.7 Å². The summed E-state index contributed by atoms with van der Waals surface area (Å²) < 4.78 is 15.9. The van der Waals surface area contributed by atoms with E-state index in [0.717, 1.165) is 0 Å². The van der Waals surface area contributed by atoms with Gasteiger partial charge in [-0.2, -0.15) is 0 Å². The van der Waals surface area contributed by atoms with Crippen LogP contribution in [0.5, 0.6) is 17.2 Å². The molecule has 6 heteroatoms. The second-order valence-electron chi connectivity index (χ2n) is 3.92. The van der Waals surface area contributed by atoms with Crippen LogP contribution in [-0.4, -0.2) is 25.3 Å². The molecule has 0 unspecified atom stereocenters. The number of carboxylic acid groups (broad SMARTS) is 1. The first-order valence-corrected chi connectivity index (χ1v) is 6.67. The lowest BCUT2D eigenvalue weighted by Gasteiger charge is -2.10. The first kappa shape index (κ1) is 14.2. The molecule has 1 N–H and O–H groups in total. The molecule has 1 aromatic carbocycles. The number of carboxylic acids is 1. The van der Waals surface area contributed by atoms with Crippen molar-refractivity contribution in [3.8, 4) is 17.2 Å². The Morgan fingerprint density at radius 1 is 1.15 bits per heavy atom. The number of benzene rings is 1. The van der Waals surface area contributed by atoms with Crippen molar-refractivity contribution in [2.24, 2.45) is 0 Å². The van der Waals surface area contributed by atoms with Crippen molar-refractivity contribution in [2.75, 3.05) is 14.2 Å². The molecular formula is C14H14O5S. The van der Waals surface area contributed by atoms with Gasteiger partial charge in [-0.05, 0) is 11.4 Å². The van der Waals surface area contributed by atoms with Crippen LogP contribution in [-0.2, 0) is 6.61 Å². The monoisotopic (exact) mass is 294 g/mol. The molecule has 0 saturated carbocycles. The van der Waals surface area contributed by atoms with Crippen LogP contribution in [0, 0.1) is 0 Å². The lowest BCUT2D eigenvalue weighted by Crippen LogP contribution is -2.02. The average molecular weight is 294 g/mol. The van der Waals surface area contributed by atoms with E-state index >= 15 is 0 Å². The maximum Gasteiger partial charge on any atom is 0.346 e. The molecule has 0 amide bonds. The van der Waals surface area contributed by atoms with Crippen molar-refractivity contribution in [2.45, 2.75) is 6.61 Å². The minimum atomic E-state index is -0.943. The van der Waals surface area contributed by atoms with Gasteiger partial charge in [-0.1, -0.05) is 0 Å². The number of carbonyl (C=O) groups is 1. The fourth-order valence-electron chi connectivity index (χ4n) is 1.66. The molecule has 2 aromatic rings. The van der Waals surface area contributed by atoms with Crippen molar-refractivity contribution in [1.82, 2.24) is 0 Å². The van der Waals surface area contributed by atoms with E-state index in [1.54, 1.807) is 43.9 Å². The molecule has 0 atom stereocenters. The van der Waals surface area contributed by atoms with Crippen LogP contribution in [0.3, 0.4) is 0 Å². The molecule has 0 bridgehead atoms. The van der Waals surface area contributed by atoms with Gasteiger partial charge < -0.3 is 19.3 Å². The third-order valence-electron chi connectivity index (χ3n) is 2.66. The zero-order chi connectivity index (χ0) is 14.5. The van der Waals surface area contributed by atoms with E-state index < -0.39 is 5.97 Å². The summed E-state index contributed by atoms with van der Waals surface area (Å²) in [5.41, 5.74) is 0.643. The van der Waals surface area contributed by atoms with E-state index in [0.29, 0.717) is 27.7 Å². The third kappa shape index (κ3) is 3.21. The molecule has 0 radical (unpaired) electrons. The Morgan fingerprint density at radius 3 is 2.30 bits per heavy atom. The zero-order valence-electron chi connectivity index (χ0n) is 11.1.